The summed E-state index contributed by atoms with van der Waals surface area (Å²) in [6, 6.07) is 17.0. The van der Waals surface area contributed by atoms with Crippen LogP contribution in [0.3, 0.4) is 0 Å². The molecule has 1 heterocycles. The second kappa shape index (κ2) is 8.56. The van der Waals surface area contributed by atoms with E-state index in [9.17, 15) is 4.79 Å². The minimum Gasteiger partial charge on any atom is -0.462 e. The van der Waals surface area contributed by atoms with Gasteiger partial charge in [0.2, 0.25) is 0 Å². The Morgan fingerprint density at radius 3 is 2.54 bits per heavy atom. The van der Waals surface area contributed by atoms with Gasteiger partial charge in [0.15, 0.2) is 0 Å². The second-order valence-electron chi connectivity index (χ2n) is 5.54. The van der Waals surface area contributed by atoms with Crippen LogP contribution in [0.15, 0.2) is 68.0 Å². The molecule has 2 aromatic carbocycles. The van der Waals surface area contributed by atoms with E-state index in [0.717, 1.165) is 31.7 Å². The van der Waals surface area contributed by atoms with Crippen molar-refractivity contribution in [2.24, 2.45) is 0 Å². The van der Waals surface area contributed by atoms with Crippen molar-refractivity contribution in [2.45, 2.75) is 13.5 Å². The molecule has 0 saturated heterocycles. The minimum absolute atomic E-state index is 0.310. The number of benzene rings is 2. The van der Waals surface area contributed by atoms with Crippen LogP contribution in [0, 0.1) is 0 Å². The topological polar surface area (TPSA) is 51.5 Å². The summed E-state index contributed by atoms with van der Waals surface area (Å²) in [5.74, 6) is 1.32. The summed E-state index contributed by atoms with van der Waals surface area (Å²) < 4.78 is 12.9. The first-order valence-electron chi connectivity index (χ1n) is 8.12. The summed E-state index contributed by atoms with van der Waals surface area (Å²) >= 11 is 7.00. The van der Waals surface area contributed by atoms with Gasteiger partial charge in [0.25, 0.3) is 0 Å². The van der Waals surface area contributed by atoms with Crippen LogP contribution in [0.2, 0.25) is 0 Å². The van der Waals surface area contributed by atoms with Gasteiger partial charge >= 0.3 is 5.97 Å². The highest BCUT2D eigenvalue weighted by Gasteiger charge is 2.09. The Morgan fingerprint density at radius 2 is 1.85 bits per heavy atom. The first kappa shape index (κ1) is 18.7. The van der Waals surface area contributed by atoms with Crippen molar-refractivity contribution in [3.8, 4) is 11.3 Å². The summed E-state index contributed by atoms with van der Waals surface area (Å²) in [5.41, 5.74) is 2.44. The Balaban J connectivity index is 1.64. The quantitative estimate of drug-likeness (QED) is 0.424. The number of ether oxygens (including phenoxy) is 1. The molecule has 26 heavy (non-hydrogen) atoms. The van der Waals surface area contributed by atoms with E-state index in [-0.39, 0.29) is 5.97 Å². The van der Waals surface area contributed by atoms with Crippen LogP contribution < -0.4 is 5.32 Å². The summed E-state index contributed by atoms with van der Waals surface area (Å²) in [6.45, 7) is 2.71. The van der Waals surface area contributed by atoms with Crippen molar-refractivity contribution >= 4 is 43.5 Å². The number of furan rings is 1. The lowest BCUT2D eigenvalue weighted by Crippen LogP contribution is -2.05. The van der Waals surface area contributed by atoms with E-state index in [1.807, 2.05) is 42.5 Å². The summed E-state index contributed by atoms with van der Waals surface area (Å²) in [6.07, 6.45) is 0. The highest BCUT2D eigenvalue weighted by atomic mass is 79.9. The lowest BCUT2D eigenvalue weighted by molar-refractivity contribution is 0.0526. The second-order valence-corrected chi connectivity index (χ2v) is 7.31. The van der Waals surface area contributed by atoms with E-state index in [2.05, 4.69) is 37.2 Å². The smallest absolute Gasteiger partial charge is 0.338 e. The van der Waals surface area contributed by atoms with E-state index in [1.165, 1.54) is 0 Å². The fourth-order valence-electron chi connectivity index (χ4n) is 2.43. The Bertz CT molecular complexity index is 904. The molecule has 0 saturated carbocycles. The number of hydrogen-bond donors (Lipinski definition) is 1. The molecule has 0 atom stereocenters. The van der Waals surface area contributed by atoms with Crippen molar-refractivity contribution in [1.82, 2.24) is 0 Å². The zero-order chi connectivity index (χ0) is 18.5. The molecule has 0 aliphatic heterocycles. The first-order valence-corrected chi connectivity index (χ1v) is 9.70. The van der Waals surface area contributed by atoms with E-state index in [0.29, 0.717) is 18.7 Å². The summed E-state index contributed by atoms with van der Waals surface area (Å²) in [5, 5.41) is 3.28. The van der Waals surface area contributed by atoms with Gasteiger partial charge in [-0.1, -0.05) is 15.9 Å². The third-order valence-corrected chi connectivity index (χ3v) is 4.87. The summed E-state index contributed by atoms with van der Waals surface area (Å²) in [7, 11) is 0. The molecule has 0 amide bonds. The van der Waals surface area contributed by atoms with Crippen molar-refractivity contribution < 1.29 is 13.9 Å². The van der Waals surface area contributed by atoms with Gasteiger partial charge in [0.1, 0.15) is 11.5 Å². The normalized spacial score (nSPS) is 10.6. The number of halogens is 2. The van der Waals surface area contributed by atoms with Gasteiger partial charge in [-0.3, -0.25) is 0 Å². The zero-order valence-corrected chi connectivity index (χ0v) is 17.3. The Labute approximate surface area is 168 Å². The Hall–Kier alpha value is -2.05. The molecule has 1 N–H and O–H groups in total. The number of nitrogens with one attached hydrogen (secondary N) is 1. The molecule has 0 aliphatic rings. The lowest BCUT2D eigenvalue weighted by Gasteiger charge is -2.06. The van der Waals surface area contributed by atoms with Crippen LogP contribution in [0.25, 0.3) is 11.3 Å². The van der Waals surface area contributed by atoms with Gasteiger partial charge < -0.3 is 14.5 Å². The molecule has 0 fully saturated rings. The van der Waals surface area contributed by atoms with E-state index >= 15 is 0 Å². The van der Waals surface area contributed by atoms with Gasteiger partial charge in [-0.25, -0.2) is 4.79 Å². The molecule has 1 aromatic heterocycles. The molecule has 0 aliphatic carbocycles. The number of esters is 1. The van der Waals surface area contributed by atoms with Gasteiger partial charge in [-0.05, 0) is 77.5 Å². The lowest BCUT2D eigenvalue weighted by atomic mass is 10.2. The standard InChI is InChI=1S/C20H17Br2NO3/c1-2-25-20(24)13-3-6-15(7-4-13)23-12-16-8-10-19(26-16)17-9-5-14(21)11-18(17)22/h3-11,23H,2,12H2,1H3. The minimum atomic E-state index is -0.310. The van der Waals surface area contributed by atoms with Gasteiger partial charge in [0.05, 0.1) is 18.7 Å². The molecule has 6 heteroatoms. The Morgan fingerprint density at radius 1 is 1.08 bits per heavy atom. The molecule has 0 radical (unpaired) electrons. The Kier molecular flexibility index (Phi) is 6.16. The highest BCUT2D eigenvalue weighted by molar-refractivity contribution is 9.11. The predicted octanol–water partition coefficient (Wildman–Crippen LogP) is 6.26. The maximum atomic E-state index is 11.7. The van der Waals surface area contributed by atoms with Crippen molar-refractivity contribution in [2.75, 3.05) is 11.9 Å². The fourth-order valence-corrected chi connectivity index (χ4v) is 3.68. The average Bonchev–Trinajstić information content (AvgIpc) is 3.09. The van der Waals surface area contributed by atoms with Crippen molar-refractivity contribution in [3.63, 3.8) is 0 Å². The fraction of sp³-hybridized carbons (Fsp3) is 0.150. The molecular weight excluding hydrogens is 462 g/mol. The van der Waals surface area contributed by atoms with E-state index in [4.69, 9.17) is 9.15 Å². The molecular formula is C20H17Br2NO3. The van der Waals surface area contributed by atoms with Crippen molar-refractivity contribution in [1.29, 1.82) is 0 Å². The number of carbonyl (C=O) groups is 1. The van der Waals surface area contributed by atoms with Crippen LogP contribution >= 0.6 is 31.9 Å². The third-order valence-electron chi connectivity index (χ3n) is 3.72. The number of anilines is 1. The van der Waals surface area contributed by atoms with E-state index in [1.54, 1.807) is 19.1 Å². The third kappa shape index (κ3) is 4.56. The van der Waals surface area contributed by atoms with Crippen LogP contribution in [-0.2, 0) is 11.3 Å². The predicted molar refractivity (Wildman–Crippen MR) is 109 cm³/mol. The SMILES string of the molecule is CCOC(=O)c1ccc(NCc2ccc(-c3ccc(Br)cc3Br)o2)cc1. The molecule has 0 spiro atoms. The first-order chi connectivity index (χ1) is 12.6. The average molecular weight is 479 g/mol. The molecule has 3 rings (SSSR count). The van der Waals surface area contributed by atoms with Crippen LogP contribution in [0.1, 0.15) is 23.0 Å². The van der Waals surface area contributed by atoms with Gasteiger partial charge in [0, 0.05) is 20.2 Å². The van der Waals surface area contributed by atoms with Crippen LogP contribution in [-0.4, -0.2) is 12.6 Å². The number of rotatable bonds is 6. The highest BCUT2D eigenvalue weighted by Crippen LogP contribution is 2.32. The van der Waals surface area contributed by atoms with E-state index < -0.39 is 0 Å². The number of hydrogen-bond acceptors (Lipinski definition) is 4. The van der Waals surface area contributed by atoms with Crippen molar-refractivity contribution in [3.05, 3.63) is 74.9 Å². The molecule has 3 aromatic rings. The summed E-state index contributed by atoms with van der Waals surface area (Å²) in [4.78, 5) is 11.7. The van der Waals surface area contributed by atoms with Crippen LogP contribution in [0.4, 0.5) is 5.69 Å². The zero-order valence-electron chi connectivity index (χ0n) is 14.1. The molecule has 4 nitrogen and oxygen atoms in total. The van der Waals surface area contributed by atoms with Gasteiger partial charge in [-0.2, -0.15) is 0 Å². The maximum absolute atomic E-state index is 11.7. The molecule has 0 bridgehead atoms. The molecule has 0 unspecified atom stereocenters. The maximum Gasteiger partial charge on any atom is 0.338 e. The van der Waals surface area contributed by atoms with Gasteiger partial charge in [-0.15, -0.1) is 0 Å². The number of carbonyl (C=O) groups excluding carboxylic acids is 1. The largest absolute Gasteiger partial charge is 0.462 e. The molecule has 134 valence electrons. The monoisotopic (exact) mass is 477 g/mol. The van der Waals surface area contributed by atoms with Crippen LogP contribution in [0.5, 0.6) is 0 Å².